The number of carbonyl (C=O) groups excluding carboxylic acids is 2. The Labute approximate surface area is 342 Å². The zero-order chi connectivity index (χ0) is 40.4. The molecule has 56 heavy (non-hydrogen) atoms. The molecular formula is C37H36BBr3N4O11. The van der Waals surface area contributed by atoms with Crippen LogP contribution in [0.3, 0.4) is 0 Å². The van der Waals surface area contributed by atoms with Crippen LogP contribution in [0.1, 0.15) is 53.1 Å². The number of nitrogens with zero attached hydrogens (tertiary/aromatic N) is 3. The van der Waals surface area contributed by atoms with E-state index in [1.54, 1.807) is 74.5 Å². The summed E-state index contributed by atoms with van der Waals surface area (Å²) in [6.07, 6.45) is 0.797. The van der Waals surface area contributed by atoms with Crippen LogP contribution in [0.4, 0.5) is 0 Å². The van der Waals surface area contributed by atoms with E-state index in [-0.39, 0.29) is 51.1 Å². The quantitative estimate of drug-likeness (QED) is 0.142. The summed E-state index contributed by atoms with van der Waals surface area (Å²) in [5.74, 6) is -0.744. The second-order valence-electron chi connectivity index (χ2n) is 11.4. The first-order valence-electron chi connectivity index (χ1n) is 16.4. The van der Waals surface area contributed by atoms with Crippen LogP contribution in [0.5, 0.6) is 0 Å². The van der Waals surface area contributed by atoms with Crippen LogP contribution in [0, 0.1) is 0 Å². The molecule has 4 heterocycles. The van der Waals surface area contributed by atoms with Gasteiger partial charge >= 0.3 is 25.8 Å². The summed E-state index contributed by atoms with van der Waals surface area (Å²) in [6, 6.07) is 19.2. The first-order chi connectivity index (χ1) is 26.2. The average molecular weight is 963 g/mol. The van der Waals surface area contributed by atoms with Crippen LogP contribution in [0.15, 0.2) is 110 Å². The number of H-pyrrole nitrogens is 1. The molecule has 0 radical (unpaired) electrons. The summed E-state index contributed by atoms with van der Waals surface area (Å²) < 4.78 is 18.0. The number of hydrogen-bond donors (Lipinski definition) is 1. The number of fused-ring (bicyclic) bond motifs is 2. The van der Waals surface area contributed by atoms with E-state index in [1.807, 2.05) is 0 Å². The Morgan fingerprint density at radius 3 is 1.62 bits per heavy atom. The first-order valence-corrected chi connectivity index (χ1v) is 19.1. The Hall–Kier alpha value is -4.98. The second kappa shape index (κ2) is 20.8. The molecule has 1 N–H and O–H groups in total. The van der Waals surface area contributed by atoms with E-state index in [0.29, 0.717) is 35.1 Å². The molecule has 0 aliphatic carbocycles. The van der Waals surface area contributed by atoms with Crippen molar-refractivity contribution < 1.29 is 23.2 Å². The number of aromatic amines is 1. The summed E-state index contributed by atoms with van der Waals surface area (Å²) in [5.41, 5.74) is -2.85. The first kappa shape index (κ1) is 45.4. The number of benzene rings is 2. The smallest absolute Gasteiger partial charge is 0.369 e. The third-order valence-corrected chi connectivity index (χ3v) is 7.97. The van der Waals surface area contributed by atoms with E-state index in [0.717, 1.165) is 13.7 Å². The average Bonchev–Trinajstić information content (AvgIpc) is 3.16. The van der Waals surface area contributed by atoms with Gasteiger partial charge in [-0.05, 0) is 24.0 Å². The Kier molecular flexibility index (Phi) is 16.9. The van der Waals surface area contributed by atoms with Crippen molar-refractivity contribution in [3.63, 3.8) is 0 Å². The van der Waals surface area contributed by atoms with Crippen molar-refractivity contribution in [1.29, 1.82) is 0 Å². The number of methoxy groups -OCH3 is 1. The molecule has 6 rings (SSSR count). The molecule has 2 aromatic carbocycles. The van der Waals surface area contributed by atoms with Gasteiger partial charge in [0.1, 0.15) is 17.5 Å². The number of carbonyl (C=O) groups is 2. The molecule has 0 aliphatic heterocycles. The molecule has 0 aliphatic rings. The summed E-state index contributed by atoms with van der Waals surface area (Å²) in [7, 11) is 1.37. The van der Waals surface area contributed by atoms with Crippen LogP contribution in [0.25, 0.3) is 22.2 Å². The Balaban J connectivity index is 0.000000271. The maximum absolute atomic E-state index is 13.0. The Morgan fingerprint density at radius 2 is 1.14 bits per heavy atom. The largest absolute Gasteiger partial charge is 0.405 e. The summed E-state index contributed by atoms with van der Waals surface area (Å²) >= 11 is 9.31. The molecular weight excluding hydrogens is 927 g/mol. The van der Waals surface area contributed by atoms with Crippen LogP contribution >= 0.6 is 47.3 Å². The summed E-state index contributed by atoms with van der Waals surface area (Å²) in [6.45, 7) is 2.50. The van der Waals surface area contributed by atoms with Gasteiger partial charge in [-0.15, -0.1) is 47.3 Å². The standard InChI is InChI=1S/C19H18N2O6.C17H14N2O5.CH4.BBr3/c1-3-12-9-15(23)27-18-16(12)17(24)20(19(25)21(18)11-26-2)10-14(22)13-7-5-4-6-8-13;1-2-10-8-13(21)24-15-14(10)16(22)19(17(23)18-15)9-12(20)11-6-4-3-5-7-11;;2-1(3)4/h4-9H,3,10-11H2,1-2H3;3-8H,2,9H2,1H3,(H,18,23);1H4;. The third-order valence-electron chi connectivity index (χ3n) is 7.97. The van der Waals surface area contributed by atoms with Gasteiger partial charge in [-0.1, -0.05) is 81.9 Å². The van der Waals surface area contributed by atoms with Crippen LogP contribution in [-0.4, -0.2) is 40.5 Å². The van der Waals surface area contributed by atoms with Crippen LogP contribution in [-0.2, 0) is 37.4 Å². The lowest BCUT2D eigenvalue weighted by molar-refractivity contribution is 0.0958. The molecule has 0 saturated heterocycles. The summed E-state index contributed by atoms with van der Waals surface area (Å²) in [4.78, 5) is 101. The molecule has 19 heteroatoms. The second-order valence-corrected chi connectivity index (χ2v) is 17.9. The van der Waals surface area contributed by atoms with E-state index in [4.69, 9.17) is 13.6 Å². The number of halogens is 3. The van der Waals surface area contributed by atoms with Crippen molar-refractivity contribution in [2.24, 2.45) is 0 Å². The van der Waals surface area contributed by atoms with E-state index in [9.17, 15) is 38.4 Å². The molecule has 0 spiro atoms. The van der Waals surface area contributed by atoms with Gasteiger partial charge < -0.3 is 13.6 Å². The topological polar surface area (TPSA) is 203 Å². The molecule has 0 amide bonds. The number of ketones is 2. The van der Waals surface area contributed by atoms with Gasteiger partial charge in [-0.3, -0.25) is 33.3 Å². The fourth-order valence-corrected chi connectivity index (χ4v) is 5.46. The lowest BCUT2D eigenvalue weighted by atomic mass is 10.1. The molecule has 0 atom stereocenters. The number of rotatable bonds is 10. The van der Waals surface area contributed by atoms with Crippen molar-refractivity contribution >= 4 is 84.2 Å². The SMILES string of the molecule is BrB(Br)Br.C.CCc1cc(=O)oc2[nH]c(=O)n(CC(=O)c3ccccc3)c(=O)c12.CCc1cc(=O)oc2c1c(=O)n(CC(=O)c1ccccc1)c(=O)n2COC. The molecule has 6 aromatic rings. The van der Waals surface area contributed by atoms with Crippen molar-refractivity contribution in [1.82, 2.24) is 18.7 Å². The zero-order valence-electron chi connectivity index (χ0n) is 29.5. The van der Waals surface area contributed by atoms with E-state index in [2.05, 4.69) is 52.3 Å². The molecule has 0 fully saturated rings. The van der Waals surface area contributed by atoms with Crippen molar-refractivity contribution in [3.8, 4) is 0 Å². The lowest BCUT2D eigenvalue weighted by Gasteiger charge is -2.13. The van der Waals surface area contributed by atoms with Gasteiger partial charge in [0.2, 0.25) is 11.4 Å². The lowest BCUT2D eigenvalue weighted by Crippen LogP contribution is -2.42. The minimum Gasteiger partial charge on any atom is -0.405 e. The van der Waals surface area contributed by atoms with E-state index >= 15 is 0 Å². The molecule has 15 nitrogen and oxygen atoms in total. The Bertz CT molecular complexity index is 2700. The molecule has 294 valence electrons. The number of aromatic nitrogens is 4. The fraction of sp³-hybridized carbons (Fsp3) is 0.243. The minimum atomic E-state index is -0.798. The van der Waals surface area contributed by atoms with Gasteiger partial charge in [0.25, 0.3) is 11.1 Å². The maximum Gasteiger partial charge on any atom is 0.369 e. The van der Waals surface area contributed by atoms with Crippen LogP contribution < -0.4 is 33.7 Å². The van der Waals surface area contributed by atoms with Gasteiger partial charge in [-0.2, -0.15) is 0 Å². The highest BCUT2D eigenvalue weighted by atomic mass is 79.9. The highest BCUT2D eigenvalue weighted by molar-refractivity contribution is 9.69. The highest BCUT2D eigenvalue weighted by Gasteiger charge is 2.21. The number of hydrogen-bond acceptors (Lipinski definition) is 11. The normalized spacial score (nSPS) is 10.5. The van der Waals surface area contributed by atoms with Crippen molar-refractivity contribution in [3.05, 3.63) is 158 Å². The number of Topliss-reactive ketones (excluding diaryl/α,β-unsaturated/α-hetero) is 2. The predicted octanol–water partition coefficient (Wildman–Crippen LogP) is 5.05. The minimum absolute atomic E-state index is 0. The molecule has 4 aromatic heterocycles. The number of ether oxygens (including phenoxy) is 1. The third kappa shape index (κ3) is 10.9. The van der Waals surface area contributed by atoms with Gasteiger partial charge in [0, 0.05) is 30.4 Å². The van der Waals surface area contributed by atoms with Gasteiger partial charge in [0.15, 0.2) is 11.6 Å². The van der Waals surface area contributed by atoms with Crippen molar-refractivity contribution in [2.75, 3.05) is 7.11 Å². The zero-order valence-corrected chi connectivity index (χ0v) is 34.3. The Morgan fingerprint density at radius 1 is 0.696 bits per heavy atom. The van der Waals surface area contributed by atoms with Gasteiger partial charge in [0.05, 0.1) is 13.1 Å². The van der Waals surface area contributed by atoms with E-state index < -0.39 is 46.8 Å². The predicted molar refractivity (Wildman–Crippen MR) is 225 cm³/mol. The van der Waals surface area contributed by atoms with Gasteiger partial charge in [-0.25, -0.2) is 23.7 Å². The fourth-order valence-electron chi connectivity index (χ4n) is 5.46. The molecule has 0 saturated carbocycles. The number of aryl methyl sites for hydroxylation is 2. The monoisotopic (exact) mass is 960 g/mol. The van der Waals surface area contributed by atoms with Crippen molar-refractivity contribution in [2.45, 2.75) is 53.9 Å². The van der Waals surface area contributed by atoms with Crippen LogP contribution in [0.2, 0.25) is 0 Å². The molecule has 0 unspecified atom stereocenters. The number of nitrogens with one attached hydrogen (secondary N) is 1. The molecule has 0 bridgehead atoms. The maximum atomic E-state index is 13.0. The highest BCUT2D eigenvalue weighted by Crippen LogP contribution is 2.13. The van der Waals surface area contributed by atoms with E-state index in [1.165, 1.54) is 19.2 Å². The summed E-state index contributed by atoms with van der Waals surface area (Å²) in [5, 5.41) is 0.201.